The van der Waals surface area contributed by atoms with E-state index in [-0.39, 0.29) is 43.3 Å². The maximum atomic E-state index is 14.4. The highest BCUT2D eigenvalue weighted by Gasteiger charge is 2.66. The fraction of sp³-hybridized carbons (Fsp3) is 0.303. The number of primary amides is 1. The van der Waals surface area contributed by atoms with Crippen molar-refractivity contribution in [1.29, 1.82) is 0 Å². The fourth-order valence-electron chi connectivity index (χ4n) is 7.64. The summed E-state index contributed by atoms with van der Waals surface area (Å²) >= 11 is 0. The number of Topliss-reactive ketones (excluding diaryl/α,β-unsaturated/α-hetero) is 4. The number of fused-ring (bicyclic) bond motifs is 5. The first-order chi connectivity index (χ1) is 21.6. The molecule has 4 N–H and O–H groups in total. The van der Waals surface area contributed by atoms with E-state index < -0.39 is 64.7 Å². The lowest BCUT2D eigenvalue weighted by molar-refractivity contribution is -0.175. The van der Waals surface area contributed by atoms with Crippen LogP contribution in [0.15, 0.2) is 42.5 Å². The minimum atomic E-state index is -2.73. The van der Waals surface area contributed by atoms with Gasteiger partial charge in [-0.05, 0) is 71.3 Å². The zero-order chi connectivity index (χ0) is 31.4. The van der Waals surface area contributed by atoms with E-state index in [9.17, 15) is 34.2 Å². The van der Waals surface area contributed by atoms with Crippen molar-refractivity contribution in [1.82, 2.24) is 0 Å². The van der Waals surface area contributed by atoms with E-state index in [0.29, 0.717) is 45.3 Å². The van der Waals surface area contributed by atoms with E-state index in [0.717, 1.165) is 0 Å². The monoisotopic (exact) mass is 611 g/mol. The highest BCUT2D eigenvalue weighted by atomic mass is 16.7. The lowest BCUT2D eigenvalue weighted by Crippen LogP contribution is -2.68. The lowest BCUT2D eigenvalue weighted by atomic mass is 9.53. The molecule has 8 rings (SSSR count). The Bertz CT molecular complexity index is 1910. The van der Waals surface area contributed by atoms with Crippen molar-refractivity contribution >= 4 is 29.0 Å². The minimum absolute atomic E-state index is 0.00764. The van der Waals surface area contributed by atoms with Crippen molar-refractivity contribution in [3.63, 3.8) is 0 Å². The average molecular weight is 612 g/mol. The van der Waals surface area contributed by atoms with Gasteiger partial charge in [0, 0.05) is 17.9 Å². The van der Waals surface area contributed by atoms with E-state index in [1.807, 2.05) is 0 Å². The zero-order valence-electron chi connectivity index (χ0n) is 23.5. The summed E-state index contributed by atoms with van der Waals surface area (Å²) in [6.45, 7) is 0.0868. The molecule has 3 aliphatic carbocycles. The molecule has 2 aliphatic heterocycles. The van der Waals surface area contributed by atoms with Crippen LogP contribution >= 0.6 is 0 Å². The molecule has 3 aromatic carbocycles. The molecule has 12 nitrogen and oxygen atoms in total. The number of ether oxygens (including phenoxy) is 4. The van der Waals surface area contributed by atoms with Crippen LogP contribution < -0.4 is 24.7 Å². The van der Waals surface area contributed by atoms with Gasteiger partial charge < -0.3 is 34.9 Å². The van der Waals surface area contributed by atoms with Gasteiger partial charge in [0.25, 0.3) is 0 Å². The standard InChI is InChI=1S/C33H25NO11/c34-32(40)27-20(35)9-16-5-15-6-19-17(13-1-3-21-23(7-13)44-11-42-21)10-18(14-2-4-22-24(8-14)45-12-43-22)28(36)26(19)29(37)25(15)30(38)33(16,41)31(27)39/h1-4,7-8,10,15-16,25,27,36,41H,5-6,9,11-12H2,(H2,34,40)/t15-,16+,25?,27?,33+/m1/s1. The summed E-state index contributed by atoms with van der Waals surface area (Å²) < 4.78 is 22.0. The summed E-state index contributed by atoms with van der Waals surface area (Å²) in [5, 5.41) is 23.3. The van der Waals surface area contributed by atoms with E-state index in [4.69, 9.17) is 24.7 Å². The van der Waals surface area contributed by atoms with Gasteiger partial charge in [-0.3, -0.25) is 24.0 Å². The van der Waals surface area contributed by atoms with Crippen LogP contribution in [-0.4, -0.2) is 58.4 Å². The Morgan fingerprint density at radius 3 is 2.02 bits per heavy atom. The number of carbonyl (C=O) groups is 5. The van der Waals surface area contributed by atoms with Crippen LogP contribution in [0.1, 0.15) is 28.8 Å². The topological polar surface area (TPSA) is 189 Å². The first-order valence-corrected chi connectivity index (χ1v) is 14.4. The first-order valence-electron chi connectivity index (χ1n) is 14.4. The highest BCUT2D eigenvalue weighted by molar-refractivity contribution is 6.31. The average Bonchev–Trinajstić information content (AvgIpc) is 3.68. The molecule has 5 atom stereocenters. The molecule has 228 valence electrons. The molecule has 45 heavy (non-hydrogen) atoms. The van der Waals surface area contributed by atoms with Crippen molar-refractivity contribution in [2.24, 2.45) is 29.4 Å². The number of aliphatic hydroxyl groups is 1. The molecule has 3 aromatic rings. The Kier molecular flexibility index (Phi) is 5.70. The summed E-state index contributed by atoms with van der Waals surface area (Å²) in [6.07, 6.45) is -0.286. The van der Waals surface area contributed by atoms with Crippen LogP contribution in [-0.2, 0) is 25.6 Å². The third-order valence-corrected chi connectivity index (χ3v) is 9.77. The van der Waals surface area contributed by atoms with Gasteiger partial charge in [0.15, 0.2) is 57.6 Å². The predicted octanol–water partition coefficient (Wildman–Crippen LogP) is 2.12. The summed E-state index contributed by atoms with van der Waals surface area (Å²) in [5.74, 6) is -8.78. The maximum Gasteiger partial charge on any atom is 0.235 e. The van der Waals surface area contributed by atoms with Crippen molar-refractivity contribution in [3.05, 3.63) is 53.6 Å². The summed E-state index contributed by atoms with van der Waals surface area (Å²) in [6, 6.07) is 12.1. The number of amides is 1. The number of hydrogen-bond donors (Lipinski definition) is 3. The van der Waals surface area contributed by atoms with Gasteiger partial charge in [0.2, 0.25) is 19.5 Å². The summed E-state index contributed by atoms with van der Waals surface area (Å²) in [4.78, 5) is 66.4. The molecule has 1 amide bonds. The third-order valence-electron chi connectivity index (χ3n) is 9.77. The smallest absolute Gasteiger partial charge is 0.235 e. The molecule has 0 saturated heterocycles. The molecule has 2 saturated carbocycles. The zero-order valence-corrected chi connectivity index (χ0v) is 23.5. The SMILES string of the molecule is NC(=O)C1C(=O)C[C@@H]2C[C@@H]3Cc4c(-c5ccc6c(c5)OCO6)cc(-c5ccc6c(c5)OCO6)c(O)c4C(=O)C3C(=O)[C@]2(O)C1=O. The molecular weight excluding hydrogens is 586 g/mol. The second kappa shape index (κ2) is 9.38. The number of carbonyl (C=O) groups excluding carboxylic acids is 5. The van der Waals surface area contributed by atoms with Crippen LogP contribution in [0.2, 0.25) is 0 Å². The Balaban J connectivity index is 1.30. The van der Waals surface area contributed by atoms with Crippen LogP contribution in [0.4, 0.5) is 0 Å². The first kappa shape index (κ1) is 27.3. The van der Waals surface area contributed by atoms with Gasteiger partial charge >= 0.3 is 0 Å². The summed E-state index contributed by atoms with van der Waals surface area (Å²) in [5.41, 5.74) is 4.97. The van der Waals surface area contributed by atoms with Crippen LogP contribution in [0, 0.1) is 23.7 Å². The number of aromatic hydroxyl groups is 1. The van der Waals surface area contributed by atoms with Gasteiger partial charge in [-0.1, -0.05) is 12.1 Å². The van der Waals surface area contributed by atoms with Crippen molar-refractivity contribution in [3.8, 4) is 51.0 Å². The van der Waals surface area contributed by atoms with Gasteiger partial charge in [-0.2, -0.15) is 0 Å². The van der Waals surface area contributed by atoms with Crippen molar-refractivity contribution < 1.29 is 53.1 Å². The minimum Gasteiger partial charge on any atom is -0.507 e. The molecule has 0 aromatic heterocycles. The highest BCUT2D eigenvalue weighted by Crippen LogP contribution is 2.53. The molecule has 2 heterocycles. The lowest BCUT2D eigenvalue weighted by Gasteiger charge is -2.48. The fourth-order valence-corrected chi connectivity index (χ4v) is 7.64. The number of phenols is 1. The molecule has 0 radical (unpaired) electrons. The molecule has 0 spiro atoms. The molecule has 2 fully saturated rings. The van der Waals surface area contributed by atoms with Gasteiger partial charge in [0.05, 0.1) is 11.5 Å². The van der Waals surface area contributed by atoms with Gasteiger partial charge in [0.1, 0.15) is 5.75 Å². The van der Waals surface area contributed by atoms with E-state index in [2.05, 4.69) is 0 Å². The van der Waals surface area contributed by atoms with Crippen molar-refractivity contribution in [2.45, 2.75) is 24.9 Å². The Hall–Kier alpha value is -5.23. The molecular formula is C33H25NO11. The number of hydrogen-bond acceptors (Lipinski definition) is 11. The molecule has 5 aliphatic rings. The normalized spacial score (nSPS) is 27.6. The van der Waals surface area contributed by atoms with Crippen LogP contribution in [0.5, 0.6) is 28.7 Å². The second-order valence-electron chi connectivity index (χ2n) is 12.0. The number of phenolic OH excluding ortho intramolecular Hbond substituents is 1. The Morgan fingerprint density at radius 1 is 0.800 bits per heavy atom. The number of benzene rings is 3. The molecule has 0 bridgehead atoms. The van der Waals surface area contributed by atoms with E-state index >= 15 is 0 Å². The Morgan fingerprint density at radius 2 is 1.40 bits per heavy atom. The number of nitrogens with two attached hydrogens (primary N) is 1. The number of ketones is 4. The third kappa shape index (κ3) is 3.72. The van der Waals surface area contributed by atoms with Gasteiger partial charge in [-0.25, -0.2) is 0 Å². The van der Waals surface area contributed by atoms with Crippen molar-refractivity contribution in [2.75, 3.05) is 13.6 Å². The Labute approximate surface area is 254 Å². The van der Waals surface area contributed by atoms with Crippen LogP contribution in [0.25, 0.3) is 22.3 Å². The quantitative estimate of drug-likeness (QED) is 0.368. The van der Waals surface area contributed by atoms with Crippen LogP contribution in [0.3, 0.4) is 0 Å². The second-order valence-corrected chi connectivity index (χ2v) is 12.0. The summed E-state index contributed by atoms with van der Waals surface area (Å²) in [7, 11) is 0. The van der Waals surface area contributed by atoms with Gasteiger partial charge in [-0.15, -0.1) is 0 Å². The molecule has 12 heteroatoms. The predicted molar refractivity (Wildman–Crippen MR) is 152 cm³/mol. The molecule has 2 unspecified atom stereocenters. The van der Waals surface area contributed by atoms with E-state index in [1.54, 1.807) is 42.5 Å². The largest absolute Gasteiger partial charge is 0.507 e. The number of rotatable bonds is 3. The maximum absolute atomic E-state index is 14.4. The van der Waals surface area contributed by atoms with E-state index in [1.165, 1.54) is 0 Å².